The monoisotopic (exact) mass is 509 g/mol. The van der Waals surface area contributed by atoms with E-state index in [4.69, 9.17) is 9.73 Å². The molecule has 3 aromatic rings. The summed E-state index contributed by atoms with van der Waals surface area (Å²) in [4.78, 5) is 11.3. The lowest BCUT2D eigenvalue weighted by Gasteiger charge is -2.22. The number of H-pyrrole nitrogens is 1. The highest BCUT2D eigenvalue weighted by Crippen LogP contribution is 2.19. The van der Waals surface area contributed by atoms with Crippen LogP contribution in [-0.2, 0) is 20.1 Å². The number of nitrogens with one attached hydrogen (secondary N) is 2. The van der Waals surface area contributed by atoms with Crippen LogP contribution < -0.4 is 10.1 Å². The normalized spacial score (nSPS) is 11.1. The first-order valence-corrected chi connectivity index (χ1v) is 9.26. The van der Waals surface area contributed by atoms with Crippen molar-refractivity contribution in [3.63, 3.8) is 0 Å². The molecule has 8 nitrogen and oxygen atoms in total. The Morgan fingerprint density at radius 2 is 2.03 bits per heavy atom. The number of ether oxygens (including phenoxy) is 1. The summed E-state index contributed by atoms with van der Waals surface area (Å²) < 4.78 is 7.29. The molecule has 0 saturated carbocycles. The second-order valence-corrected chi connectivity index (χ2v) is 6.47. The number of methoxy groups -OCH3 is 1. The van der Waals surface area contributed by atoms with Crippen molar-refractivity contribution in [2.75, 3.05) is 20.7 Å². The second kappa shape index (κ2) is 10.8. The minimum atomic E-state index is 0. The van der Waals surface area contributed by atoms with Gasteiger partial charge in [0.15, 0.2) is 11.8 Å². The Labute approximate surface area is 188 Å². The van der Waals surface area contributed by atoms with Gasteiger partial charge >= 0.3 is 0 Å². The summed E-state index contributed by atoms with van der Waals surface area (Å²) in [5, 5.41) is 10.6. The fourth-order valence-corrected chi connectivity index (χ4v) is 2.83. The molecule has 0 atom stereocenters. The molecule has 2 heterocycles. The molecule has 0 spiro atoms. The van der Waals surface area contributed by atoms with Crippen molar-refractivity contribution in [3.05, 3.63) is 54.1 Å². The van der Waals surface area contributed by atoms with Gasteiger partial charge in [0.25, 0.3) is 0 Å². The maximum atomic E-state index is 5.19. The van der Waals surface area contributed by atoms with E-state index in [0.717, 1.165) is 30.4 Å². The number of aryl methyl sites for hydroxylation is 1. The van der Waals surface area contributed by atoms with Crippen LogP contribution in [0.4, 0.5) is 0 Å². The van der Waals surface area contributed by atoms with Crippen LogP contribution in [0.1, 0.15) is 18.4 Å². The molecule has 29 heavy (non-hydrogen) atoms. The van der Waals surface area contributed by atoms with Gasteiger partial charge in [-0.1, -0.05) is 0 Å². The van der Waals surface area contributed by atoms with E-state index in [0.29, 0.717) is 18.2 Å². The molecule has 0 aliphatic rings. The molecular weight excluding hydrogens is 481 g/mol. The van der Waals surface area contributed by atoms with Crippen LogP contribution in [-0.4, -0.2) is 51.3 Å². The van der Waals surface area contributed by atoms with Gasteiger partial charge in [-0.05, 0) is 43.3 Å². The number of hydrogen-bond donors (Lipinski definition) is 2. The number of aromatic amines is 1. The van der Waals surface area contributed by atoms with Crippen molar-refractivity contribution in [1.82, 2.24) is 30.0 Å². The third-order valence-corrected chi connectivity index (χ3v) is 4.41. The quantitative estimate of drug-likeness (QED) is 0.291. The molecule has 1 aromatic carbocycles. The van der Waals surface area contributed by atoms with Crippen LogP contribution in [0.5, 0.6) is 5.75 Å². The van der Waals surface area contributed by atoms with E-state index >= 15 is 0 Å². The minimum Gasteiger partial charge on any atom is -0.497 e. The molecule has 0 saturated heterocycles. The minimum absolute atomic E-state index is 0. The highest BCUT2D eigenvalue weighted by molar-refractivity contribution is 14.0. The Morgan fingerprint density at radius 3 is 2.66 bits per heavy atom. The van der Waals surface area contributed by atoms with E-state index < -0.39 is 0 Å². The maximum absolute atomic E-state index is 5.19. The lowest BCUT2D eigenvalue weighted by molar-refractivity contribution is 0.415. The molecule has 0 amide bonds. The maximum Gasteiger partial charge on any atom is 0.194 e. The Kier molecular flexibility index (Phi) is 8.50. The van der Waals surface area contributed by atoms with E-state index in [2.05, 4.69) is 43.0 Å². The zero-order valence-corrected chi connectivity index (χ0v) is 19.5. The third-order valence-electron chi connectivity index (χ3n) is 4.41. The van der Waals surface area contributed by atoms with Gasteiger partial charge in [-0.15, -0.1) is 24.0 Å². The summed E-state index contributed by atoms with van der Waals surface area (Å²) in [5.41, 5.74) is 2.15. The second-order valence-electron chi connectivity index (χ2n) is 6.47. The molecule has 0 aliphatic heterocycles. The van der Waals surface area contributed by atoms with Crippen LogP contribution in [0.25, 0.3) is 11.4 Å². The highest BCUT2D eigenvalue weighted by Gasteiger charge is 2.10. The molecule has 0 radical (unpaired) electrons. The first-order chi connectivity index (χ1) is 13.6. The van der Waals surface area contributed by atoms with Crippen molar-refractivity contribution in [1.29, 1.82) is 0 Å². The van der Waals surface area contributed by atoms with Gasteiger partial charge in [0, 0.05) is 38.1 Å². The van der Waals surface area contributed by atoms with Gasteiger partial charge in [0.2, 0.25) is 0 Å². The fourth-order valence-electron chi connectivity index (χ4n) is 2.83. The first-order valence-electron chi connectivity index (χ1n) is 9.26. The van der Waals surface area contributed by atoms with Crippen LogP contribution in [0.3, 0.4) is 0 Å². The third kappa shape index (κ3) is 5.96. The zero-order valence-electron chi connectivity index (χ0n) is 17.2. The van der Waals surface area contributed by atoms with Crippen molar-refractivity contribution in [2.24, 2.45) is 12.0 Å². The fraction of sp³-hybridized carbons (Fsp3) is 0.350. The van der Waals surface area contributed by atoms with Crippen molar-refractivity contribution in [2.45, 2.75) is 20.0 Å². The van der Waals surface area contributed by atoms with Crippen LogP contribution in [0.2, 0.25) is 0 Å². The molecule has 2 aromatic heterocycles. The summed E-state index contributed by atoms with van der Waals surface area (Å²) in [6, 6.07) is 11.8. The standard InChI is InChI=1S/C20H27N7O.HI/c1-5-21-20(27(3)14-16-7-6-12-26(16)2)22-13-18-23-19(25-24-18)15-8-10-17(28-4)11-9-15;/h6-12H,5,13-14H2,1-4H3,(H,21,22)(H,23,24,25);1H. The van der Waals surface area contributed by atoms with Gasteiger partial charge in [0.1, 0.15) is 18.1 Å². The predicted molar refractivity (Wildman–Crippen MR) is 125 cm³/mol. The number of guanidine groups is 1. The molecular formula is C20H28IN7O. The lowest BCUT2D eigenvalue weighted by atomic mass is 10.2. The first kappa shape index (κ1) is 22.7. The van der Waals surface area contributed by atoms with Crippen molar-refractivity contribution in [3.8, 4) is 17.1 Å². The van der Waals surface area contributed by atoms with Crippen LogP contribution in [0.15, 0.2) is 47.6 Å². The molecule has 0 unspecified atom stereocenters. The summed E-state index contributed by atoms with van der Waals surface area (Å²) in [6.45, 7) is 4.04. The van der Waals surface area contributed by atoms with E-state index in [1.807, 2.05) is 50.6 Å². The van der Waals surface area contributed by atoms with Crippen molar-refractivity contribution < 1.29 is 4.74 Å². The van der Waals surface area contributed by atoms with E-state index in [1.165, 1.54) is 5.69 Å². The summed E-state index contributed by atoms with van der Waals surface area (Å²) in [7, 11) is 5.72. The topological polar surface area (TPSA) is 83.4 Å². The number of aromatic nitrogens is 4. The summed E-state index contributed by atoms with van der Waals surface area (Å²) in [6.07, 6.45) is 2.04. The summed E-state index contributed by atoms with van der Waals surface area (Å²) >= 11 is 0. The smallest absolute Gasteiger partial charge is 0.194 e. The van der Waals surface area contributed by atoms with E-state index in [-0.39, 0.29) is 24.0 Å². The summed E-state index contributed by atoms with van der Waals surface area (Å²) in [5.74, 6) is 3.00. The molecule has 9 heteroatoms. The number of halogens is 1. The molecule has 156 valence electrons. The molecule has 0 bridgehead atoms. The Bertz CT molecular complexity index is 917. The SMILES string of the molecule is CCNC(=NCc1nc(-c2ccc(OC)cc2)n[nH]1)N(C)Cc1cccn1C.I. The van der Waals surface area contributed by atoms with E-state index in [1.54, 1.807) is 7.11 Å². The van der Waals surface area contributed by atoms with Crippen LogP contribution >= 0.6 is 24.0 Å². The molecule has 2 N–H and O–H groups in total. The van der Waals surface area contributed by atoms with Gasteiger partial charge in [-0.2, -0.15) is 5.10 Å². The lowest BCUT2D eigenvalue weighted by Crippen LogP contribution is -2.38. The largest absolute Gasteiger partial charge is 0.497 e. The van der Waals surface area contributed by atoms with Crippen LogP contribution in [0, 0.1) is 0 Å². The average Bonchev–Trinajstić information content (AvgIpc) is 3.34. The number of aliphatic imine (C=N–C) groups is 1. The molecule has 0 fully saturated rings. The predicted octanol–water partition coefficient (Wildman–Crippen LogP) is 3.03. The van der Waals surface area contributed by atoms with Gasteiger partial charge < -0.3 is 19.5 Å². The van der Waals surface area contributed by atoms with Gasteiger partial charge in [0.05, 0.1) is 13.7 Å². The Hall–Kier alpha value is -2.56. The highest BCUT2D eigenvalue weighted by atomic mass is 127. The average molecular weight is 509 g/mol. The van der Waals surface area contributed by atoms with Gasteiger partial charge in [-0.3, -0.25) is 5.10 Å². The van der Waals surface area contributed by atoms with Gasteiger partial charge in [-0.25, -0.2) is 9.98 Å². The van der Waals surface area contributed by atoms with Crippen molar-refractivity contribution >= 4 is 29.9 Å². The Morgan fingerprint density at radius 1 is 1.28 bits per heavy atom. The Balaban J connectivity index is 0.00000300. The number of nitrogens with zero attached hydrogens (tertiary/aromatic N) is 5. The number of benzene rings is 1. The molecule has 0 aliphatic carbocycles. The zero-order chi connectivity index (χ0) is 19.9. The molecule has 3 rings (SSSR count). The number of rotatable bonds is 7. The van der Waals surface area contributed by atoms with E-state index in [9.17, 15) is 0 Å². The number of hydrogen-bond acceptors (Lipinski definition) is 4.